The Hall–Kier alpha value is -4.15. The van der Waals surface area contributed by atoms with E-state index in [0.29, 0.717) is 10.6 Å². The van der Waals surface area contributed by atoms with Crippen molar-refractivity contribution < 1.29 is 28.7 Å². The summed E-state index contributed by atoms with van der Waals surface area (Å²) in [7, 11) is 1.39. The average molecular weight is 518 g/mol. The molecule has 10 nitrogen and oxygen atoms in total. The molecule has 0 saturated heterocycles. The molecular formula is C23H17Cl2N3O7. The topological polar surface area (TPSA) is 129 Å². The summed E-state index contributed by atoms with van der Waals surface area (Å²) < 4.78 is 15.8. The van der Waals surface area contributed by atoms with E-state index in [-0.39, 0.29) is 33.5 Å². The summed E-state index contributed by atoms with van der Waals surface area (Å²) in [4.78, 5) is 34.8. The first kappa shape index (κ1) is 25.5. The number of rotatable bonds is 9. The van der Waals surface area contributed by atoms with Crippen LogP contribution >= 0.6 is 23.2 Å². The van der Waals surface area contributed by atoms with Crippen LogP contribution in [0.5, 0.6) is 17.2 Å². The number of carbonyl (C=O) groups is 2. The van der Waals surface area contributed by atoms with E-state index in [2.05, 4.69) is 10.5 Å². The van der Waals surface area contributed by atoms with Gasteiger partial charge in [0.2, 0.25) is 0 Å². The number of nitro benzene ring substituents is 1. The predicted octanol–water partition coefficient (Wildman–Crippen LogP) is 4.66. The Labute approximate surface area is 209 Å². The average Bonchev–Trinajstić information content (AvgIpc) is 2.83. The van der Waals surface area contributed by atoms with Gasteiger partial charge in [0.15, 0.2) is 23.9 Å². The van der Waals surface area contributed by atoms with Crippen molar-refractivity contribution in [3.63, 3.8) is 0 Å². The molecule has 0 radical (unpaired) electrons. The van der Waals surface area contributed by atoms with Crippen molar-refractivity contribution in [1.82, 2.24) is 5.43 Å². The minimum absolute atomic E-state index is 0.0358. The zero-order valence-electron chi connectivity index (χ0n) is 18.1. The van der Waals surface area contributed by atoms with Crippen molar-refractivity contribution in [1.29, 1.82) is 0 Å². The van der Waals surface area contributed by atoms with Crippen molar-refractivity contribution in [3.05, 3.63) is 92.0 Å². The number of ether oxygens (including phenoxy) is 3. The lowest BCUT2D eigenvalue weighted by Crippen LogP contribution is -2.24. The Morgan fingerprint density at radius 3 is 2.54 bits per heavy atom. The van der Waals surface area contributed by atoms with Gasteiger partial charge >= 0.3 is 11.7 Å². The van der Waals surface area contributed by atoms with Crippen LogP contribution in [0.15, 0.2) is 65.8 Å². The van der Waals surface area contributed by atoms with E-state index < -0.39 is 23.4 Å². The van der Waals surface area contributed by atoms with E-state index in [1.165, 1.54) is 61.9 Å². The molecule has 0 fully saturated rings. The molecule has 0 saturated carbocycles. The van der Waals surface area contributed by atoms with E-state index in [1.54, 1.807) is 12.1 Å². The summed E-state index contributed by atoms with van der Waals surface area (Å²) in [6.07, 6.45) is 1.33. The van der Waals surface area contributed by atoms with E-state index in [1.807, 2.05) is 0 Å². The fourth-order valence-electron chi connectivity index (χ4n) is 2.74. The maximum atomic E-state index is 12.4. The zero-order valence-corrected chi connectivity index (χ0v) is 19.6. The number of benzene rings is 3. The normalized spacial score (nSPS) is 10.6. The molecule has 0 aliphatic rings. The van der Waals surface area contributed by atoms with Crippen LogP contribution in [0.2, 0.25) is 10.0 Å². The molecule has 0 unspecified atom stereocenters. The molecular weight excluding hydrogens is 501 g/mol. The predicted molar refractivity (Wildman–Crippen MR) is 129 cm³/mol. The molecule has 0 aliphatic heterocycles. The fraction of sp³-hybridized carbons (Fsp3) is 0.0870. The summed E-state index contributed by atoms with van der Waals surface area (Å²) in [5, 5.41) is 15.3. The molecule has 0 spiro atoms. The third-order valence-electron chi connectivity index (χ3n) is 4.36. The van der Waals surface area contributed by atoms with Crippen molar-refractivity contribution >= 4 is 47.0 Å². The van der Waals surface area contributed by atoms with Crippen molar-refractivity contribution in [2.24, 2.45) is 5.10 Å². The molecule has 0 aromatic heterocycles. The molecule has 180 valence electrons. The zero-order chi connectivity index (χ0) is 25.4. The lowest BCUT2D eigenvalue weighted by Gasteiger charge is -2.10. The molecule has 35 heavy (non-hydrogen) atoms. The second kappa shape index (κ2) is 11.8. The highest BCUT2D eigenvalue weighted by atomic mass is 35.5. The first-order chi connectivity index (χ1) is 16.8. The smallest absolute Gasteiger partial charge is 0.345 e. The Balaban J connectivity index is 1.60. The van der Waals surface area contributed by atoms with Gasteiger partial charge in [-0.25, -0.2) is 10.2 Å². The molecule has 1 N–H and O–H groups in total. The highest BCUT2D eigenvalue weighted by Gasteiger charge is 2.17. The number of hydrazone groups is 1. The molecule has 3 rings (SSSR count). The molecule has 3 aromatic rings. The van der Waals surface area contributed by atoms with Crippen molar-refractivity contribution in [2.45, 2.75) is 0 Å². The fourth-order valence-corrected chi connectivity index (χ4v) is 3.23. The highest BCUT2D eigenvalue weighted by Crippen LogP contribution is 2.30. The van der Waals surface area contributed by atoms with Crippen LogP contribution in [0, 0.1) is 10.1 Å². The number of hydrogen-bond donors (Lipinski definition) is 1. The molecule has 12 heteroatoms. The Kier molecular flexibility index (Phi) is 8.60. The minimum Gasteiger partial charge on any atom is -0.493 e. The maximum Gasteiger partial charge on any atom is 0.345 e. The Morgan fingerprint density at radius 2 is 1.83 bits per heavy atom. The molecule has 0 atom stereocenters. The van der Waals surface area contributed by atoms with E-state index in [9.17, 15) is 19.7 Å². The first-order valence-electron chi connectivity index (χ1n) is 9.82. The second-order valence-electron chi connectivity index (χ2n) is 6.73. The molecule has 0 heterocycles. The summed E-state index contributed by atoms with van der Waals surface area (Å²) in [6.45, 7) is -0.479. The second-order valence-corrected chi connectivity index (χ2v) is 7.57. The van der Waals surface area contributed by atoms with Crippen LogP contribution in [-0.4, -0.2) is 36.7 Å². The number of nitrogens with one attached hydrogen (secondary N) is 1. The van der Waals surface area contributed by atoms with Crippen LogP contribution in [0.3, 0.4) is 0 Å². The number of para-hydroxylation sites is 2. The van der Waals surface area contributed by atoms with Crippen molar-refractivity contribution in [2.75, 3.05) is 13.7 Å². The van der Waals surface area contributed by atoms with E-state index in [0.717, 1.165) is 0 Å². The van der Waals surface area contributed by atoms with Crippen LogP contribution in [-0.2, 0) is 4.79 Å². The van der Waals surface area contributed by atoms with Crippen LogP contribution in [0.4, 0.5) is 5.69 Å². The number of methoxy groups -OCH3 is 1. The van der Waals surface area contributed by atoms with E-state index in [4.69, 9.17) is 37.4 Å². The number of hydrogen-bond acceptors (Lipinski definition) is 8. The van der Waals surface area contributed by atoms with E-state index >= 15 is 0 Å². The van der Waals surface area contributed by atoms with Gasteiger partial charge in [0.05, 0.1) is 28.8 Å². The van der Waals surface area contributed by atoms with Gasteiger partial charge in [-0.3, -0.25) is 14.9 Å². The van der Waals surface area contributed by atoms with Gasteiger partial charge in [0, 0.05) is 11.1 Å². The van der Waals surface area contributed by atoms with Crippen LogP contribution in [0.1, 0.15) is 15.9 Å². The maximum absolute atomic E-state index is 12.4. The Bertz CT molecular complexity index is 1300. The van der Waals surface area contributed by atoms with Gasteiger partial charge in [-0.05, 0) is 48.0 Å². The quantitative estimate of drug-likeness (QED) is 0.143. The standard InChI is InChI=1S/C23H17Cl2N3O7/c1-33-21-10-14(6-9-20(21)35-23(30)16-8-7-15(24)11-17(16)25)12-26-27-22(29)13-34-19-5-3-2-4-18(19)28(31)32/h2-12H,13H2,1H3,(H,27,29)/b26-12+. The number of carbonyl (C=O) groups excluding carboxylic acids is 2. The van der Waals surface area contributed by atoms with Crippen LogP contribution < -0.4 is 19.6 Å². The number of halogens is 2. The third kappa shape index (κ3) is 6.92. The van der Waals surface area contributed by atoms with Crippen molar-refractivity contribution in [3.8, 4) is 17.2 Å². The number of esters is 1. The summed E-state index contributed by atoms with van der Waals surface area (Å²) in [5.41, 5.74) is 2.65. The van der Waals surface area contributed by atoms with Gasteiger partial charge in [0.25, 0.3) is 5.91 Å². The van der Waals surface area contributed by atoms with Gasteiger partial charge < -0.3 is 14.2 Å². The Morgan fingerprint density at radius 1 is 1.06 bits per heavy atom. The SMILES string of the molecule is COc1cc(/C=N/NC(=O)COc2ccccc2[N+](=O)[O-])ccc1OC(=O)c1ccc(Cl)cc1Cl. The van der Waals surface area contributed by atoms with Gasteiger partial charge in [-0.15, -0.1) is 0 Å². The number of amides is 1. The summed E-state index contributed by atoms with van der Waals surface area (Å²) >= 11 is 11.9. The molecule has 3 aromatic carbocycles. The summed E-state index contributed by atoms with van der Waals surface area (Å²) in [6, 6.07) is 14.7. The van der Waals surface area contributed by atoms with Gasteiger partial charge in [0.1, 0.15) is 0 Å². The first-order valence-corrected chi connectivity index (χ1v) is 10.6. The summed E-state index contributed by atoms with van der Waals surface area (Å²) in [5.74, 6) is -0.985. The van der Waals surface area contributed by atoms with Gasteiger partial charge in [-0.1, -0.05) is 35.3 Å². The molecule has 1 amide bonds. The number of nitrogens with zero attached hydrogens (tertiary/aromatic N) is 2. The lowest BCUT2D eigenvalue weighted by molar-refractivity contribution is -0.385. The molecule has 0 aliphatic carbocycles. The third-order valence-corrected chi connectivity index (χ3v) is 4.91. The monoisotopic (exact) mass is 517 g/mol. The van der Waals surface area contributed by atoms with Crippen LogP contribution in [0.25, 0.3) is 0 Å². The highest BCUT2D eigenvalue weighted by molar-refractivity contribution is 6.36. The number of nitro groups is 1. The molecule has 0 bridgehead atoms. The lowest BCUT2D eigenvalue weighted by atomic mass is 10.2. The largest absolute Gasteiger partial charge is 0.493 e. The van der Waals surface area contributed by atoms with Gasteiger partial charge in [-0.2, -0.15) is 5.10 Å². The minimum atomic E-state index is -0.697.